The third-order valence-electron chi connectivity index (χ3n) is 16.3. The number of H-pyrrole nitrogens is 1. The molecule has 580 valence electrons. The lowest BCUT2D eigenvalue weighted by Gasteiger charge is -2.33. The van der Waals surface area contributed by atoms with Gasteiger partial charge in [0.25, 0.3) is 17.4 Å². The van der Waals surface area contributed by atoms with Crippen molar-refractivity contribution in [2.45, 2.75) is 113 Å². The van der Waals surface area contributed by atoms with Gasteiger partial charge in [0.2, 0.25) is 35.5 Å². The van der Waals surface area contributed by atoms with E-state index in [1.807, 2.05) is 17.4 Å². The van der Waals surface area contributed by atoms with E-state index in [2.05, 4.69) is 57.2 Å². The molecule has 0 aliphatic carbocycles. The Morgan fingerprint density at radius 1 is 0.741 bits per heavy atom. The van der Waals surface area contributed by atoms with E-state index in [0.29, 0.717) is 22.9 Å². The number of carboxylic acids is 4. The number of hydrogen-bond donors (Lipinski definition) is 17. The number of nitrogens with two attached hydrogens (primary N) is 3. The third kappa shape index (κ3) is 24.2. The minimum atomic E-state index is -2.15. The van der Waals surface area contributed by atoms with E-state index in [4.69, 9.17) is 46.3 Å². The molecule has 0 bridgehead atoms. The molecule has 2 aliphatic rings. The zero-order valence-electron chi connectivity index (χ0n) is 58.6. The molecule has 1 unspecified atom stereocenters. The summed E-state index contributed by atoms with van der Waals surface area (Å²) in [6, 6.07) is 5.18. The van der Waals surface area contributed by atoms with Gasteiger partial charge in [-0.3, -0.25) is 68.0 Å². The molecule has 108 heavy (non-hydrogen) atoms. The Kier molecular flexibility index (Phi) is 30.6. The number of carboxylic acid groups (broad SMARTS) is 4. The predicted octanol–water partition coefficient (Wildman–Crippen LogP) is -0.258. The molecule has 8 atom stereocenters. The topological polar surface area (TPSA) is 608 Å². The highest BCUT2D eigenvalue weighted by atomic mass is 33.1. The van der Waals surface area contributed by atoms with Crippen LogP contribution in [0.4, 0.5) is 22.1 Å². The van der Waals surface area contributed by atoms with E-state index in [0.717, 1.165) is 32.7 Å². The molecule has 20 N–H and O–H groups in total. The highest BCUT2D eigenvalue weighted by Crippen LogP contribution is 2.39. The molecule has 3 aromatic carbocycles. The van der Waals surface area contributed by atoms with Crippen molar-refractivity contribution >= 4 is 133 Å². The highest BCUT2D eigenvalue weighted by Gasteiger charge is 2.45. The maximum absolute atomic E-state index is 14.4. The summed E-state index contributed by atoms with van der Waals surface area (Å²) in [6.45, 7) is 1.55. The minimum Gasteiger partial charge on any atom is -0.497 e. The fourth-order valence-electron chi connectivity index (χ4n) is 10.9. The number of benzene rings is 3. The number of aliphatic carboxylic acids is 4. The van der Waals surface area contributed by atoms with Gasteiger partial charge in [-0.15, -0.1) is 0 Å². The molecule has 0 radical (unpaired) electrons. The summed E-state index contributed by atoms with van der Waals surface area (Å²) in [6.07, 6.45) is -2.86. The zero-order chi connectivity index (χ0) is 78.9. The van der Waals surface area contributed by atoms with E-state index in [-0.39, 0.29) is 110 Å². The number of rotatable bonds is 40. The van der Waals surface area contributed by atoms with Crippen molar-refractivity contribution in [1.82, 2.24) is 67.0 Å². The summed E-state index contributed by atoms with van der Waals surface area (Å²) in [7, 11) is 6.26. The molecule has 0 saturated carbocycles. The fourth-order valence-corrected chi connectivity index (χ4v) is 12.9. The molecule has 1 fully saturated rings. The lowest BCUT2D eigenvalue weighted by atomic mass is 10.0. The number of hydrogen-bond acceptors (Lipinski definition) is 27. The van der Waals surface area contributed by atoms with Gasteiger partial charge in [0, 0.05) is 59.7 Å². The van der Waals surface area contributed by atoms with Gasteiger partial charge < -0.3 is 109 Å². The standard InChI is InChI=1S/C66H82N18O22S2/c1-32(74-55(92)34-8-12-36(13-9-34)72-28-37-29-73-54-53(75-37)60(97)82-65(70)81-54)7-16-49(85)76-42(25-50(86)87)57(94)77-41(6-5-17-71-64(68)69)56(93)78-43(26-51(88)89)58(95)79-44(27-52(90)91)59(96)80-45(63(99)100)31-108-107-21-20-106-66(101)83-18-19-105-62(83)46-22-35(33-10-14-38(102-2)15-11-33)30-84(46)61(98)39-23-47(103-3)48(104-4)24-40(39)67/h8-15,23-24,29-30,32,41-46,62,72H,5-7,16-22,25-28,31,67H2,1-4H3,(H,74,92)(H,76,85)(H,77,94)(H,78,93)(H,79,95)(H,80,96)(H,86,87)(H,88,89)(H,90,91)(H,99,100)(H4,68,69,71)(H3,70,73,81,82,97)/t32-,41+,42+,43+,44+,45+,46+,62?/m1/s1. The number of amides is 8. The quantitative estimate of drug-likeness (QED) is 0.00790. The monoisotopic (exact) mass is 1540 g/mol. The number of carbonyl (C=O) groups is 12. The maximum atomic E-state index is 14.4. The van der Waals surface area contributed by atoms with Gasteiger partial charge in [0.15, 0.2) is 34.9 Å². The van der Waals surface area contributed by atoms with Crippen LogP contribution in [0.1, 0.15) is 90.3 Å². The van der Waals surface area contributed by atoms with Crippen LogP contribution < -0.4 is 79.5 Å². The van der Waals surface area contributed by atoms with Crippen molar-refractivity contribution in [1.29, 1.82) is 5.41 Å². The Morgan fingerprint density at radius 2 is 1.34 bits per heavy atom. The van der Waals surface area contributed by atoms with Gasteiger partial charge in [-0.05, 0) is 86.2 Å². The van der Waals surface area contributed by atoms with E-state index < -0.39 is 156 Å². The second-order valence-corrected chi connectivity index (χ2v) is 26.8. The summed E-state index contributed by atoms with van der Waals surface area (Å²) in [5, 5.41) is 66.2. The summed E-state index contributed by atoms with van der Waals surface area (Å²) in [5.74, 6) is -13.7. The Hall–Kier alpha value is -12.2. The van der Waals surface area contributed by atoms with E-state index in [1.54, 1.807) is 37.4 Å². The SMILES string of the molecule is COc1ccc(C2=CN(C(=O)c3cc(OC)c(OC)cc3N)[C@H](C3OCCN3C(=O)OCCSSC[C@H](NC(=O)[C@H](CC(=O)O)NC(=O)[C@H](CC(=O)O)NC(=O)[C@H](CCCNC(=N)N)NC(=O)[C@H](CC(=O)O)NC(=O)CC[C@@H](C)NC(=O)c3ccc(NCc4cnc5nc(N)[nH]c(=O)c5n4)cc3)C(=O)O)C2)cc1. The van der Waals surface area contributed by atoms with Gasteiger partial charge in [-0.2, -0.15) is 4.98 Å². The average Bonchev–Trinajstić information content (AvgIpc) is 1.61. The summed E-state index contributed by atoms with van der Waals surface area (Å²) in [5.41, 5.74) is 19.7. The highest BCUT2D eigenvalue weighted by molar-refractivity contribution is 8.76. The van der Waals surface area contributed by atoms with Crippen molar-refractivity contribution in [3.63, 3.8) is 0 Å². The molecule has 5 aromatic rings. The number of ether oxygens (including phenoxy) is 5. The van der Waals surface area contributed by atoms with Crippen molar-refractivity contribution in [2.24, 2.45) is 5.73 Å². The van der Waals surface area contributed by atoms with Gasteiger partial charge in [0.05, 0.1) is 83.8 Å². The van der Waals surface area contributed by atoms with Gasteiger partial charge in [-0.1, -0.05) is 33.7 Å². The van der Waals surface area contributed by atoms with E-state index in [1.165, 1.54) is 61.6 Å². The third-order valence-corrected chi connectivity index (χ3v) is 18.7. The largest absolute Gasteiger partial charge is 0.497 e. The van der Waals surface area contributed by atoms with Crippen LogP contribution in [-0.4, -0.2) is 235 Å². The molecule has 4 heterocycles. The first-order valence-corrected chi connectivity index (χ1v) is 35.6. The van der Waals surface area contributed by atoms with Gasteiger partial charge in [0.1, 0.15) is 42.6 Å². The Labute approximate surface area is 622 Å². The minimum absolute atomic E-state index is 0.00866. The van der Waals surface area contributed by atoms with Crippen LogP contribution in [-0.2, 0) is 59.2 Å². The first-order chi connectivity index (χ1) is 51.4. The normalized spacial score (nSPS) is 15.4. The first kappa shape index (κ1) is 83.1. The molecule has 40 nitrogen and oxygen atoms in total. The van der Waals surface area contributed by atoms with Crippen molar-refractivity contribution in [2.75, 3.05) is 75.9 Å². The Bertz CT molecular complexity index is 4250. The van der Waals surface area contributed by atoms with Crippen LogP contribution >= 0.6 is 21.6 Å². The average molecular weight is 1540 g/mol. The summed E-state index contributed by atoms with van der Waals surface area (Å²) in [4.78, 5) is 189. The number of fused-ring (bicyclic) bond motifs is 1. The molecule has 7 rings (SSSR count). The number of nitrogens with zero attached hydrogens (tertiary/aromatic N) is 5. The van der Waals surface area contributed by atoms with Gasteiger partial charge in [-0.25, -0.2) is 19.6 Å². The number of anilines is 3. The number of guanidine groups is 1. The van der Waals surface area contributed by atoms with Crippen molar-refractivity contribution in [3.8, 4) is 17.2 Å². The van der Waals surface area contributed by atoms with E-state index in [9.17, 15) is 82.8 Å². The van der Waals surface area contributed by atoms with Gasteiger partial charge >= 0.3 is 30.0 Å². The number of methoxy groups -OCH3 is 3. The number of aromatic nitrogens is 4. The smallest absolute Gasteiger partial charge is 0.412 e. The molecule has 1 saturated heterocycles. The van der Waals surface area contributed by atoms with Crippen LogP contribution in [0.25, 0.3) is 16.7 Å². The van der Waals surface area contributed by atoms with Crippen LogP contribution in [0.2, 0.25) is 0 Å². The predicted molar refractivity (Wildman–Crippen MR) is 388 cm³/mol. The first-order valence-electron chi connectivity index (χ1n) is 33.1. The molecule has 8 amide bonds. The molecular formula is C66H82N18O22S2. The van der Waals surface area contributed by atoms with Crippen LogP contribution in [0, 0.1) is 5.41 Å². The molecule has 0 spiro atoms. The molecular weight excluding hydrogens is 1460 g/mol. The molecule has 2 aliphatic heterocycles. The number of aromatic amines is 1. The zero-order valence-corrected chi connectivity index (χ0v) is 60.2. The number of nitrogen functional groups attached to an aromatic ring is 2. The second-order valence-electron chi connectivity index (χ2n) is 24.1. The maximum Gasteiger partial charge on any atom is 0.412 e. The van der Waals surface area contributed by atoms with Crippen LogP contribution in [0.5, 0.6) is 17.2 Å². The fraction of sp³-hybridized carbons (Fsp3) is 0.409. The van der Waals surface area contributed by atoms with Crippen LogP contribution in [0.15, 0.2) is 77.9 Å². The summed E-state index contributed by atoms with van der Waals surface area (Å²) < 4.78 is 27.8. The van der Waals surface area contributed by atoms with E-state index >= 15 is 0 Å². The van der Waals surface area contributed by atoms with Crippen molar-refractivity contribution < 1.29 is 102 Å². The molecule has 2 aromatic heterocycles. The lowest BCUT2D eigenvalue weighted by molar-refractivity contribution is -0.144. The van der Waals surface area contributed by atoms with Crippen molar-refractivity contribution in [3.05, 3.63) is 106 Å². The summed E-state index contributed by atoms with van der Waals surface area (Å²) >= 11 is 0. The number of nitrogens with one attached hydrogen (secondary N) is 10. The Balaban J connectivity index is 0.907. The second kappa shape index (κ2) is 39.8. The number of carbonyl (C=O) groups excluding carboxylic acids is 8. The Morgan fingerprint density at radius 3 is 1.94 bits per heavy atom. The van der Waals surface area contributed by atoms with Crippen LogP contribution in [0.3, 0.4) is 0 Å². The lowest BCUT2D eigenvalue weighted by Crippen LogP contribution is -2.59. The molecule has 42 heteroatoms.